The van der Waals surface area contributed by atoms with Crippen LogP contribution in [0, 0.1) is 11.7 Å². The largest absolute Gasteiger partial charge is 0.508 e. The Kier molecular flexibility index (Phi) is 13.1. The van der Waals surface area contributed by atoms with Gasteiger partial charge in [0.05, 0.1) is 10.9 Å². The molecule has 4 aromatic rings. The van der Waals surface area contributed by atoms with Gasteiger partial charge < -0.3 is 42.0 Å². The van der Waals surface area contributed by atoms with E-state index in [0.29, 0.717) is 5.56 Å². The van der Waals surface area contributed by atoms with Crippen LogP contribution in [0.3, 0.4) is 0 Å². The van der Waals surface area contributed by atoms with E-state index in [-0.39, 0.29) is 72.0 Å². The van der Waals surface area contributed by atoms with Crippen LogP contribution in [0.15, 0.2) is 87.0 Å². The van der Waals surface area contributed by atoms with Crippen LogP contribution in [-0.4, -0.2) is 64.5 Å². The number of aromatic hydroxyl groups is 1. The van der Waals surface area contributed by atoms with Crippen LogP contribution < -0.4 is 32.8 Å². The van der Waals surface area contributed by atoms with Crippen molar-refractivity contribution in [2.45, 2.75) is 57.7 Å². The molecule has 14 nitrogen and oxygen atoms in total. The molecule has 1 heterocycles. The molecule has 274 valence electrons. The molecule has 0 saturated heterocycles. The molecule has 3 atom stereocenters. The number of carbonyl (C=O) groups excluding carboxylic acids is 3. The second-order valence-electron chi connectivity index (χ2n) is 12.6. The van der Waals surface area contributed by atoms with E-state index in [1.165, 1.54) is 24.3 Å². The zero-order chi connectivity index (χ0) is 37.9. The number of nitrogens with zero attached hydrogens (tertiary/aromatic N) is 1. The topological polar surface area (TPSA) is 239 Å². The van der Waals surface area contributed by atoms with Gasteiger partial charge in [0, 0.05) is 19.0 Å². The van der Waals surface area contributed by atoms with Gasteiger partial charge in [-0.05, 0) is 60.6 Å². The normalized spacial score (nSPS) is 12.8. The van der Waals surface area contributed by atoms with Crippen LogP contribution in [0.5, 0.6) is 5.75 Å². The minimum absolute atomic E-state index is 0.0119. The lowest BCUT2D eigenvalue weighted by Gasteiger charge is -2.25. The van der Waals surface area contributed by atoms with Gasteiger partial charge in [0.25, 0.3) is 5.91 Å². The van der Waals surface area contributed by atoms with Crippen molar-refractivity contribution in [2.75, 3.05) is 6.54 Å². The van der Waals surface area contributed by atoms with Crippen molar-refractivity contribution in [3.8, 4) is 16.9 Å². The molecule has 3 aromatic carbocycles. The number of phenolic OH excluding ortho intramolecular Hbond substituents is 1. The number of benzene rings is 3. The van der Waals surface area contributed by atoms with E-state index in [1.54, 1.807) is 30.3 Å². The number of nitrogens with one attached hydrogen (secondary N) is 3. The summed E-state index contributed by atoms with van der Waals surface area (Å²) in [5.74, 6) is -5.37. The molecule has 0 bridgehead atoms. The Morgan fingerprint density at radius 2 is 1.54 bits per heavy atom. The molecule has 0 aliphatic rings. The Morgan fingerprint density at radius 1 is 0.885 bits per heavy atom. The summed E-state index contributed by atoms with van der Waals surface area (Å²) >= 11 is 0. The van der Waals surface area contributed by atoms with Crippen molar-refractivity contribution in [1.82, 2.24) is 16.0 Å². The summed E-state index contributed by atoms with van der Waals surface area (Å²) < 4.78 is 19.7. The van der Waals surface area contributed by atoms with Gasteiger partial charge in [-0.25, -0.2) is 9.18 Å². The van der Waals surface area contributed by atoms with Crippen LogP contribution in [0.25, 0.3) is 22.1 Å². The van der Waals surface area contributed by atoms with Gasteiger partial charge in [-0.2, -0.15) is 0 Å². The Balaban J connectivity index is 1.67. The van der Waals surface area contributed by atoms with Crippen molar-refractivity contribution in [3.63, 3.8) is 0 Å². The Morgan fingerprint density at radius 3 is 2.17 bits per heavy atom. The predicted octanol–water partition coefficient (Wildman–Crippen LogP) is 2.80. The number of halogens is 1. The lowest BCUT2D eigenvalue weighted by molar-refractivity contribution is -0.142. The van der Waals surface area contributed by atoms with E-state index in [1.807, 2.05) is 13.8 Å². The number of hydrogen-bond donors (Lipinski definition) is 7. The average Bonchev–Trinajstić information content (AvgIpc) is 3.09. The fourth-order valence-electron chi connectivity index (χ4n) is 5.51. The summed E-state index contributed by atoms with van der Waals surface area (Å²) in [6.07, 6.45) is 0.340. The maximum absolute atomic E-state index is 14.0. The average molecular weight is 717 g/mol. The van der Waals surface area contributed by atoms with E-state index in [2.05, 4.69) is 20.9 Å². The first kappa shape index (κ1) is 38.6. The quantitative estimate of drug-likeness (QED) is 0.0508. The lowest BCUT2D eigenvalue weighted by Crippen LogP contribution is -2.56. The third-order valence-electron chi connectivity index (χ3n) is 8.02. The van der Waals surface area contributed by atoms with Crippen LogP contribution in [-0.2, 0) is 20.8 Å². The van der Waals surface area contributed by atoms with Gasteiger partial charge in [-0.1, -0.05) is 56.3 Å². The molecular formula is C37H41FN6O8. The van der Waals surface area contributed by atoms with Crippen molar-refractivity contribution < 1.29 is 38.2 Å². The van der Waals surface area contributed by atoms with Gasteiger partial charge in [-0.15, -0.1) is 0 Å². The first-order valence-corrected chi connectivity index (χ1v) is 16.5. The fraction of sp³-hybridized carbons (Fsp3) is 0.297. The number of guanidine groups is 1. The van der Waals surface area contributed by atoms with Gasteiger partial charge in [0.2, 0.25) is 23.0 Å². The molecule has 3 amide bonds. The molecule has 9 N–H and O–H groups in total. The Labute approximate surface area is 298 Å². The number of amides is 3. The molecule has 15 heteroatoms. The van der Waals surface area contributed by atoms with Crippen LogP contribution in [0.4, 0.5) is 4.39 Å². The molecule has 0 spiro atoms. The van der Waals surface area contributed by atoms with Crippen molar-refractivity contribution >= 4 is 40.6 Å². The second-order valence-corrected chi connectivity index (χ2v) is 12.6. The molecule has 0 fully saturated rings. The van der Waals surface area contributed by atoms with Crippen LogP contribution >= 0.6 is 0 Å². The second kappa shape index (κ2) is 17.6. The zero-order valence-corrected chi connectivity index (χ0v) is 28.6. The minimum atomic E-state index is -1.33. The maximum atomic E-state index is 14.0. The fourth-order valence-corrected chi connectivity index (χ4v) is 5.51. The van der Waals surface area contributed by atoms with E-state index in [0.717, 1.165) is 18.2 Å². The van der Waals surface area contributed by atoms with Gasteiger partial charge >= 0.3 is 5.97 Å². The van der Waals surface area contributed by atoms with E-state index < -0.39 is 58.8 Å². The van der Waals surface area contributed by atoms with Crippen LogP contribution in [0.1, 0.15) is 49.2 Å². The number of fused-ring (bicyclic) bond motifs is 1. The monoisotopic (exact) mass is 716 g/mol. The highest BCUT2D eigenvalue weighted by atomic mass is 19.1. The number of hydrogen-bond acceptors (Lipinski definition) is 8. The predicted molar refractivity (Wildman–Crippen MR) is 192 cm³/mol. The molecule has 1 aromatic heterocycles. The minimum Gasteiger partial charge on any atom is -0.508 e. The standard InChI is InChI=1S/C37H41FN6O8/c1-20(2)17-27(33(47)42-26(36(50)51)9-6-16-41-37(39)40)43-34(48)28(18-21-7-4-3-5-8-21)44-35(49)32-30(22-10-12-23(38)13-11-22)31(46)25-15-14-24(45)19-29(25)52-32/h3-5,7-8,10-15,19-20,26-28,45H,6,9,16-18H2,1-2H3,(H,42,47)(H,43,48)(H,44,49)(H,50,51)(H4,39,40,41)/t26-,27?,28+/m1/s1. The first-order chi connectivity index (χ1) is 24.7. The van der Waals surface area contributed by atoms with Crippen molar-refractivity contribution in [1.29, 1.82) is 0 Å². The van der Waals surface area contributed by atoms with E-state index >= 15 is 0 Å². The van der Waals surface area contributed by atoms with E-state index in [9.17, 15) is 38.6 Å². The summed E-state index contributed by atoms with van der Waals surface area (Å²) in [4.78, 5) is 71.0. The summed E-state index contributed by atoms with van der Waals surface area (Å²) in [6, 6.07) is 13.5. The number of rotatable bonds is 16. The summed E-state index contributed by atoms with van der Waals surface area (Å²) in [5, 5.41) is 27.6. The molecule has 0 saturated carbocycles. The number of carboxylic acid groups (broad SMARTS) is 1. The molecule has 0 aliphatic heterocycles. The van der Waals surface area contributed by atoms with E-state index in [4.69, 9.17) is 15.9 Å². The number of nitrogens with two attached hydrogens (primary N) is 2. The zero-order valence-electron chi connectivity index (χ0n) is 28.6. The summed E-state index contributed by atoms with van der Waals surface area (Å²) in [6.45, 7) is 3.78. The molecular weight excluding hydrogens is 675 g/mol. The molecule has 52 heavy (non-hydrogen) atoms. The molecule has 1 unspecified atom stereocenters. The molecule has 0 aliphatic carbocycles. The highest BCUT2D eigenvalue weighted by Crippen LogP contribution is 2.27. The summed E-state index contributed by atoms with van der Waals surface area (Å²) in [7, 11) is 0. The van der Waals surface area contributed by atoms with Crippen molar-refractivity contribution in [3.05, 3.63) is 100 Å². The smallest absolute Gasteiger partial charge is 0.326 e. The number of aliphatic carboxylic acids is 1. The third-order valence-corrected chi connectivity index (χ3v) is 8.02. The lowest BCUT2D eigenvalue weighted by atomic mass is 9.99. The Hall–Kier alpha value is -6.25. The van der Waals surface area contributed by atoms with Gasteiger partial charge in [0.15, 0.2) is 5.96 Å². The number of phenols is 1. The first-order valence-electron chi connectivity index (χ1n) is 16.5. The number of carboxylic acids is 1. The van der Waals surface area contributed by atoms with Crippen LogP contribution in [0.2, 0.25) is 0 Å². The maximum Gasteiger partial charge on any atom is 0.326 e. The third kappa shape index (κ3) is 10.4. The highest BCUT2D eigenvalue weighted by Gasteiger charge is 2.32. The Bertz CT molecular complexity index is 2000. The molecule has 4 rings (SSSR count). The molecule has 0 radical (unpaired) electrons. The summed E-state index contributed by atoms with van der Waals surface area (Å²) in [5.41, 5.74) is 10.5. The number of carbonyl (C=O) groups is 4. The SMILES string of the molecule is CC(C)CC(NC(=O)[C@H](Cc1ccccc1)NC(=O)c1oc2cc(O)ccc2c(=O)c1-c1ccc(F)cc1)C(=O)N[C@H](CCCN=C(N)N)C(=O)O. The van der Waals surface area contributed by atoms with Gasteiger partial charge in [-0.3, -0.25) is 24.2 Å². The van der Waals surface area contributed by atoms with Gasteiger partial charge in [0.1, 0.15) is 35.3 Å². The highest BCUT2D eigenvalue weighted by molar-refractivity contribution is 6.03. The number of aliphatic imine (C=N–C) groups is 1. The van der Waals surface area contributed by atoms with Crippen molar-refractivity contribution in [2.24, 2.45) is 22.4 Å².